The first-order valence-electron chi connectivity index (χ1n) is 8.93. The second kappa shape index (κ2) is 9.13. The molecule has 0 spiro atoms. The molecule has 0 unspecified atom stereocenters. The number of hydrogen-bond acceptors (Lipinski definition) is 5. The van der Waals surface area contributed by atoms with E-state index in [1.807, 2.05) is 29.2 Å². The van der Waals surface area contributed by atoms with Gasteiger partial charge in [0, 0.05) is 50.5 Å². The van der Waals surface area contributed by atoms with Crippen molar-refractivity contribution in [2.24, 2.45) is 10.7 Å². The Balaban J connectivity index is 1.49. The van der Waals surface area contributed by atoms with Crippen LogP contribution < -0.4 is 10.6 Å². The zero-order valence-electron chi connectivity index (χ0n) is 15.7. The van der Waals surface area contributed by atoms with E-state index < -0.39 is 10.0 Å². The quantitative estimate of drug-likeness (QED) is 0.548. The predicted octanol–water partition coefficient (Wildman–Crippen LogP) is 2.16. The molecule has 1 aromatic heterocycles. The van der Waals surface area contributed by atoms with Gasteiger partial charge < -0.3 is 15.5 Å². The first-order valence-corrected chi connectivity index (χ1v) is 11.6. The van der Waals surface area contributed by atoms with Crippen LogP contribution in [0.4, 0.5) is 5.69 Å². The number of nitrogens with zero attached hydrogens (tertiary/aromatic N) is 4. The molecular weight excluding hydrogens is 418 g/mol. The summed E-state index contributed by atoms with van der Waals surface area (Å²) in [5.74, 6) is 0.456. The largest absolute Gasteiger partial charge is 0.370 e. The molecule has 2 N–H and O–H groups in total. The minimum Gasteiger partial charge on any atom is -0.370 e. The lowest BCUT2D eigenvalue weighted by Crippen LogP contribution is -2.51. The standard InChI is InChI=1S/C18H24ClN5O2S2/c1-22(28(25,26)17-3-2-14-27-17)9-8-21-18(20)24-12-10-23(11-13-24)16-6-4-15(19)5-7-16/h2-7,14H,8-13H2,1H3,(H2,20,21). The van der Waals surface area contributed by atoms with Crippen molar-refractivity contribution < 1.29 is 8.42 Å². The van der Waals surface area contributed by atoms with Gasteiger partial charge in [-0.25, -0.2) is 8.42 Å². The van der Waals surface area contributed by atoms with Crippen LogP contribution in [0.5, 0.6) is 0 Å². The normalized spacial score (nSPS) is 16.0. The van der Waals surface area contributed by atoms with E-state index in [1.165, 1.54) is 15.6 Å². The van der Waals surface area contributed by atoms with Gasteiger partial charge in [0.1, 0.15) is 4.21 Å². The average Bonchev–Trinajstić information content (AvgIpc) is 3.24. The number of likely N-dealkylation sites (N-methyl/N-ethyl adjacent to an activating group) is 1. The Morgan fingerprint density at radius 2 is 1.89 bits per heavy atom. The van der Waals surface area contributed by atoms with Crippen molar-refractivity contribution in [3.05, 3.63) is 46.8 Å². The van der Waals surface area contributed by atoms with Gasteiger partial charge in [-0.1, -0.05) is 17.7 Å². The number of hydrogen-bond donors (Lipinski definition) is 1. The molecule has 7 nitrogen and oxygen atoms in total. The van der Waals surface area contributed by atoms with E-state index in [0.717, 1.165) is 36.9 Å². The SMILES string of the molecule is CN(CCN=C(N)N1CCN(c2ccc(Cl)cc2)CC1)S(=O)(=O)c1cccs1. The maximum absolute atomic E-state index is 12.4. The van der Waals surface area contributed by atoms with Crippen molar-refractivity contribution in [1.82, 2.24) is 9.21 Å². The van der Waals surface area contributed by atoms with Gasteiger partial charge in [0.25, 0.3) is 10.0 Å². The molecule has 0 aliphatic carbocycles. The first kappa shape index (κ1) is 20.9. The zero-order valence-corrected chi connectivity index (χ0v) is 18.1. The third kappa shape index (κ3) is 4.96. The minimum atomic E-state index is -3.45. The summed E-state index contributed by atoms with van der Waals surface area (Å²) in [5, 5.41) is 2.48. The summed E-state index contributed by atoms with van der Waals surface area (Å²) in [6.45, 7) is 3.81. The van der Waals surface area contributed by atoms with Crippen LogP contribution in [-0.2, 0) is 10.0 Å². The highest BCUT2D eigenvalue weighted by atomic mass is 35.5. The molecule has 1 fully saturated rings. The van der Waals surface area contributed by atoms with Crippen LogP contribution in [0.15, 0.2) is 51.0 Å². The van der Waals surface area contributed by atoms with Gasteiger partial charge in [-0.15, -0.1) is 11.3 Å². The molecule has 1 aliphatic heterocycles. The highest BCUT2D eigenvalue weighted by Crippen LogP contribution is 2.20. The number of sulfonamides is 1. The Labute approximate surface area is 175 Å². The van der Waals surface area contributed by atoms with E-state index in [0.29, 0.717) is 16.7 Å². The third-order valence-corrected chi connectivity index (χ3v) is 8.13. The summed E-state index contributed by atoms with van der Waals surface area (Å²) in [7, 11) is -1.89. The summed E-state index contributed by atoms with van der Waals surface area (Å²) in [5.41, 5.74) is 7.26. The highest BCUT2D eigenvalue weighted by molar-refractivity contribution is 7.91. The van der Waals surface area contributed by atoms with Gasteiger partial charge >= 0.3 is 0 Å². The van der Waals surface area contributed by atoms with Crippen LogP contribution in [0.25, 0.3) is 0 Å². The fraction of sp³-hybridized carbons (Fsp3) is 0.389. The molecule has 0 radical (unpaired) electrons. The number of halogens is 1. The molecule has 2 aromatic rings. The van der Waals surface area contributed by atoms with Crippen LogP contribution in [0.1, 0.15) is 0 Å². The van der Waals surface area contributed by atoms with E-state index in [1.54, 1.807) is 24.6 Å². The number of anilines is 1. The summed E-state index contributed by atoms with van der Waals surface area (Å²) < 4.78 is 26.4. The smallest absolute Gasteiger partial charge is 0.252 e. The minimum absolute atomic E-state index is 0.283. The van der Waals surface area contributed by atoms with E-state index in [4.69, 9.17) is 17.3 Å². The molecule has 0 saturated carbocycles. The van der Waals surface area contributed by atoms with Crippen LogP contribution in [0.2, 0.25) is 5.02 Å². The number of aliphatic imine (C=N–C) groups is 1. The summed E-state index contributed by atoms with van der Waals surface area (Å²) >= 11 is 7.15. The van der Waals surface area contributed by atoms with E-state index in [2.05, 4.69) is 9.89 Å². The monoisotopic (exact) mass is 441 g/mol. The van der Waals surface area contributed by atoms with Gasteiger partial charge in [-0.2, -0.15) is 4.31 Å². The van der Waals surface area contributed by atoms with Crippen molar-refractivity contribution in [3.63, 3.8) is 0 Å². The second-order valence-corrected chi connectivity index (χ2v) is 10.1. The van der Waals surface area contributed by atoms with Crippen LogP contribution in [0.3, 0.4) is 0 Å². The molecule has 3 rings (SSSR count). The molecule has 10 heteroatoms. The van der Waals surface area contributed by atoms with E-state index >= 15 is 0 Å². The first-order chi connectivity index (χ1) is 13.4. The van der Waals surface area contributed by atoms with Crippen LogP contribution in [0, 0.1) is 0 Å². The van der Waals surface area contributed by atoms with E-state index in [-0.39, 0.29) is 6.54 Å². The van der Waals surface area contributed by atoms with Crippen LogP contribution >= 0.6 is 22.9 Å². The van der Waals surface area contributed by atoms with Crippen molar-refractivity contribution in [1.29, 1.82) is 0 Å². The maximum atomic E-state index is 12.4. The van der Waals surface area contributed by atoms with Gasteiger partial charge in [0.05, 0.1) is 6.54 Å². The van der Waals surface area contributed by atoms with Crippen LogP contribution in [-0.4, -0.2) is 69.9 Å². The lowest BCUT2D eigenvalue weighted by molar-refractivity contribution is 0.380. The Kier molecular flexibility index (Phi) is 6.82. The Morgan fingerprint density at radius 1 is 1.21 bits per heavy atom. The number of piperazine rings is 1. The summed E-state index contributed by atoms with van der Waals surface area (Å²) in [4.78, 5) is 8.68. The predicted molar refractivity (Wildman–Crippen MR) is 116 cm³/mol. The summed E-state index contributed by atoms with van der Waals surface area (Å²) in [6, 6.07) is 11.1. The fourth-order valence-corrected chi connectivity index (χ4v) is 5.42. The number of rotatable bonds is 6. The lowest BCUT2D eigenvalue weighted by Gasteiger charge is -2.36. The Morgan fingerprint density at radius 3 is 2.50 bits per heavy atom. The molecule has 0 bridgehead atoms. The molecule has 152 valence electrons. The highest BCUT2D eigenvalue weighted by Gasteiger charge is 2.22. The Bertz CT molecular complexity index is 893. The molecule has 1 saturated heterocycles. The lowest BCUT2D eigenvalue weighted by atomic mass is 10.2. The van der Waals surface area contributed by atoms with Gasteiger partial charge in [-0.05, 0) is 35.7 Å². The van der Waals surface area contributed by atoms with Gasteiger partial charge in [0.2, 0.25) is 0 Å². The Hall–Kier alpha value is -1.81. The molecule has 2 heterocycles. The van der Waals surface area contributed by atoms with Crippen molar-refractivity contribution in [2.45, 2.75) is 4.21 Å². The third-order valence-electron chi connectivity index (χ3n) is 4.64. The van der Waals surface area contributed by atoms with Gasteiger partial charge in [0.15, 0.2) is 5.96 Å². The molecule has 1 aromatic carbocycles. The zero-order chi connectivity index (χ0) is 20.1. The molecule has 1 aliphatic rings. The van der Waals surface area contributed by atoms with Crippen molar-refractivity contribution in [3.8, 4) is 0 Å². The molecule has 0 atom stereocenters. The molecule has 28 heavy (non-hydrogen) atoms. The maximum Gasteiger partial charge on any atom is 0.252 e. The van der Waals surface area contributed by atoms with Gasteiger partial charge in [-0.3, -0.25) is 4.99 Å². The number of nitrogens with two attached hydrogens (primary N) is 1. The number of thiophene rings is 1. The van der Waals surface area contributed by atoms with Crippen molar-refractivity contribution >= 4 is 44.6 Å². The fourth-order valence-electron chi connectivity index (χ4n) is 2.94. The number of benzene rings is 1. The number of guanidine groups is 1. The molecular formula is C18H24ClN5O2S2. The topological polar surface area (TPSA) is 82.2 Å². The summed E-state index contributed by atoms with van der Waals surface area (Å²) in [6.07, 6.45) is 0. The van der Waals surface area contributed by atoms with Crippen molar-refractivity contribution in [2.75, 3.05) is 51.2 Å². The second-order valence-electron chi connectivity index (χ2n) is 6.45. The van der Waals surface area contributed by atoms with E-state index in [9.17, 15) is 8.42 Å². The molecule has 0 amide bonds. The average molecular weight is 442 g/mol.